The van der Waals surface area contributed by atoms with E-state index in [2.05, 4.69) is 20.6 Å². The summed E-state index contributed by atoms with van der Waals surface area (Å²) in [6.07, 6.45) is 3.81. The van der Waals surface area contributed by atoms with Gasteiger partial charge >= 0.3 is 0 Å². The molecule has 2 aromatic heterocycles. The molecule has 2 aromatic rings. The van der Waals surface area contributed by atoms with Gasteiger partial charge < -0.3 is 10.6 Å². The van der Waals surface area contributed by atoms with Gasteiger partial charge in [0.1, 0.15) is 5.15 Å². The van der Waals surface area contributed by atoms with Gasteiger partial charge in [-0.2, -0.15) is 0 Å². The molecule has 1 aliphatic carbocycles. The van der Waals surface area contributed by atoms with Crippen molar-refractivity contribution in [3.05, 3.63) is 46.0 Å². The number of hydrogen-bond donors (Lipinski definition) is 2. The van der Waals surface area contributed by atoms with Gasteiger partial charge in [-0.1, -0.05) is 23.2 Å². The molecule has 3 rings (SSSR count). The molecule has 5 nitrogen and oxygen atoms in total. The first-order valence-electron chi connectivity index (χ1n) is 6.90. The molecule has 0 atom stereocenters. The summed E-state index contributed by atoms with van der Waals surface area (Å²) < 4.78 is 0. The predicted molar refractivity (Wildman–Crippen MR) is 87.8 cm³/mol. The standard InChI is InChI=1S/C15H14Cl2N4O/c1-8-7-11(16)20-14(17)12(8)21-15(22)13-10(3-2-6-18-13)19-9-4-5-9/h2-3,6-7,9,19H,4-5H2,1H3,(H,21,22). The average Bonchev–Trinajstić information content (AvgIpc) is 3.27. The number of carbonyl (C=O) groups is 1. The fourth-order valence-electron chi connectivity index (χ4n) is 2.07. The first-order chi connectivity index (χ1) is 10.5. The molecule has 0 spiro atoms. The topological polar surface area (TPSA) is 66.9 Å². The van der Waals surface area contributed by atoms with E-state index in [1.165, 1.54) is 0 Å². The minimum atomic E-state index is -0.335. The summed E-state index contributed by atoms with van der Waals surface area (Å²) in [6.45, 7) is 1.80. The lowest BCUT2D eigenvalue weighted by molar-refractivity contribution is 0.102. The number of hydrogen-bond acceptors (Lipinski definition) is 4. The number of amides is 1. The fourth-order valence-corrected chi connectivity index (χ4v) is 2.65. The van der Waals surface area contributed by atoms with Gasteiger partial charge in [-0.25, -0.2) is 9.97 Å². The molecular weight excluding hydrogens is 323 g/mol. The zero-order valence-electron chi connectivity index (χ0n) is 11.9. The second kappa shape index (κ2) is 6.10. The van der Waals surface area contributed by atoms with Gasteiger partial charge in [0.2, 0.25) is 0 Å². The van der Waals surface area contributed by atoms with Crippen LogP contribution in [0.5, 0.6) is 0 Å². The van der Waals surface area contributed by atoms with Crippen LogP contribution in [0.15, 0.2) is 24.4 Å². The number of nitrogens with one attached hydrogen (secondary N) is 2. The molecule has 1 fully saturated rings. The normalized spacial score (nSPS) is 13.8. The molecule has 0 aromatic carbocycles. The highest BCUT2D eigenvalue weighted by molar-refractivity contribution is 6.35. The molecule has 1 aliphatic rings. The number of nitrogens with zero attached hydrogens (tertiary/aromatic N) is 2. The van der Waals surface area contributed by atoms with Crippen LogP contribution in [0.2, 0.25) is 10.3 Å². The highest BCUT2D eigenvalue weighted by atomic mass is 35.5. The number of rotatable bonds is 4. The summed E-state index contributed by atoms with van der Waals surface area (Å²) in [7, 11) is 0. The number of aryl methyl sites for hydroxylation is 1. The molecule has 1 amide bonds. The zero-order chi connectivity index (χ0) is 15.7. The van der Waals surface area contributed by atoms with Crippen LogP contribution in [-0.4, -0.2) is 21.9 Å². The van der Waals surface area contributed by atoms with Crippen LogP contribution in [0, 0.1) is 6.92 Å². The highest BCUT2D eigenvalue weighted by Crippen LogP contribution is 2.29. The number of halogens is 2. The maximum absolute atomic E-state index is 12.5. The molecule has 7 heteroatoms. The van der Waals surface area contributed by atoms with Crippen molar-refractivity contribution in [3.63, 3.8) is 0 Å². The molecule has 114 valence electrons. The van der Waals surface area contributed by atoms with E-state index in [4.69, 9.17) is 23.2 Å². The Hall–Kier alpha value is -1.85. The van der Waals surface area contributed by atoms with Crippen LogP contribution in [0.1, 0.15) is 28.9 Å². The Labute approximate surface area is 138 Å². The van der Waals surface area contributed by atoms with Crippen molar-refractivity contribution in [2.24, 2.45) is 0 Å². The quantitative estimate of drug-likeness (QED) is 0.830. The summed E-state index contributed by atoms with van der Waals surface area (Å²) in [5, 5.41) is 6.50. The number of anilines is 2. The van der Waals surface area contributed by atoms with Crippen molar-refractivity contribution in [2.45, 2.75) is 25.8 Å². The number of pyridine rings is 2. The molecule has 2 N–H and O–H groups in total. The summed E-state index contributed by atoms with van der Waals surface area (Å²) in [5.41, 5.74) is 2.24. The second-order valence-electron chi connectivity index (χ2n) is 5.20. The lowest BCUT2D eigenvalue weighted by Gasteiger charge is -2.13. The maximum atomic E-state index is 12.5. The van der Waals surface area contributed by atoms with E-state index in [9.17, 15) is 4.79 Å². The summed E-state index contributed by atoms with van der Waals surface area (Å²) in [5.74, 6) is -0.335. The van der Waals surface area contributed by atoms with Crippen LogP contribution in [0.25, 0.3) is 0 Å². The van der Waals surface area contributed by atoms with E-state index in [1.807, 2.05) is 6.07 Å². The van der Waals surface area contributed by atoms with E-state index in [-0.39, 0.29) is 16.2 Å². The monoisotopic (exact) mass is 336 g/mol. The number of carbonyl (C=O) groups excluding carboxylic acids is 1. The van der Waals surface area contributed by atoms with Gasteiger partial charge in [0.05, 0.1) is 11.4 Å². The molecule has 0 bridgehead atoms. The van der Waals surface area contributed by atoms with Crippen LogP contribution < -0.4 is 10.6 Å². The van der Waals surface area contributed by atoms with Crippen LogP contribution in [0.4, 0.5) is 11.4 Å². The zero-order valence-corrected chi connectivity index (χ0v) is 13.4. The first-order valence-corrected chi connectivity index (χ1v) is 7.65. The molecule has 1 saturated carbocycles. The number of aromatic nitrogens is 2. The van der Waals surface area contributed by atoms with E-state index >= 15 is 0 Å². The second-order valence-corrected chi connectivity index (χ2v) is 5.95. The maximum Gasteiger partial charge on any atom is 0.276 e. The van der Waals surface area contributed by atoms with Crippen LogP contribution in [-0.2, 0) is 0 Å². The van der Waals surface area contributed by atoms with Gasteiger partial charge in [-0.3, -0.25) is 4.79 Å². The Morgan fingerprint density at radius 2 is 2.14 bits per heavy atom. The van der Waals surface area contributed by atoms with Gasteiger partial charge in [0, 0.05) is 12.2 Å². The molecular formula is C15H14Cl2N4O. The summed E-state index contributed by atoms with van der Waals surface area (Å²) in [6, 6.07) is 5.71. The molecule has 0 saturated heterocycles. The van der Waals surface area contributed by atoms with Crippen molar-refractivity contribution in [1.29, 1.82) is 0 Å². The minimum absolute atomic E-state index is 0.158. The van der Waals surface area contributed by atoms with E-state index in [0.29, 0.717) is 17.4 Å². The smallest absolute Gasteiger partial charge is 0.276 e. The van der Waals surface area contributed by atoms with Crippen molar-refractivity contribution in [2.75, 3.05) is 10.6 Å². The SMILES string of the molecule is Cc1cc(Cl)nc(Cl)c1NC(=O)c1ncccc1NC1CC1. The van der Waals surface area contributed by atoms with E-state index < -0.39 is 0 Å². The Kier molecular flexibility index (Phi) is 4.18. The van der Waals surface area contributed by atoms with Gasteiger partial charge in [0.25, 0.3) is 5.91 Å². The lowest BCUT2D eigenvalue weighted by atomic mass is 10.2. The molecule has 0 aliphatic heterocycles. The third-order valence-corrected chi connectivity index (χ3v) is 3.81. The van der Waals surface area contributed by atoms with Crippen molar-refractivity contribution < 1.29 is 4.79 Å². The Morgan fingerprint density at radius 1 is 1.36 bits per heavy atom. The Bertz CT molecular complexity index is 708. The van der Waals surface area contributed by atoms with Gasteiger partial charge in [-0.05, 0) is 43.5 Å². The van der Waals surface area contributed by atoms with Crippen molar-refractivity contribution in [3.8, 4) is 0 Å². The lowest BCUT2D eigenvalue weighted by Crippen LogP contribution is -2.18. The Balaban J connectivity index is 1.86. The third-order valence-electron chi connectivity index (χ3n) is 3.34. The molecule has 2 heterocycles. The molecule has 0 radical (unpaired) electrons. The minimum Gasteiger partial charge on any atom is -0.380 e. The van der Waals surface area contributed by atoms with Crippen LogP contribution in [0.3, 0.4) is 0 Å². The summed E-state index contributed by atoms with van der Waals surface area (Å²) >= 11 is 11.9. The van der Waals surface area contributed by atoms with Crippen molar-refractivity contribution in [1.82, 2.24) is 9.97 Å². The van der Waals surface area contributed by atoms with Gasteiger partial charge in [0.15, 0.2) is 10.8 Å². The van der Waals surface area contributed by atoms with Gasteiger partial charge in [-0.15, -0.1) is 0 Å². The van der Waals surface area contributed by atoms with Crippen LogP contribution >= 0.6 is 23.2 Å². The molecule has 0 unspecified atom stereocenters. The average molecular weight is 337 g/mol. The highest BCUT2D eigenvalue weighted by Gasteiger charge is 2.24. The largest absolute Gasteiger partial charge is 0.380 e. The fraction of sp³-hybridized carbons (Fsp3) is 0.267. The van der Waals surface area contributed by atoms with E-state index in [0.717, 1.165) is 24.1 Å². The first kappa shape index (κ1) is 15.1. The summed E-state index contributed by atoms with van der Waals surface area (Å²) in [4.78, 5) is 20.6. The van der Waals surface area contributed by atoms with Crippen molar-refractivity contribution >= 4 is 40.5 Å². The van der Waals surface area contributed by atoms with E-state index in [1.54, 1.807) is 25.3 Å². The molecule has 22 heavy (non-hydrogen) atoms. The Morgan fingerprint density at radius 3 is 2.82 bits per heavy atom. The third kappa shape index (κ3) is 3.31. The predicted octanol–water partition coefficient (Wildman–Crippen LogP) is 3.92.